The van der Waals surface area contributed by atoms with Gasteiger partial charge in [-0.1, -0.05) is 29.4 Å². The molecule has 0 aromatic carbocycles. The average Bonchev–Trinajstić information content (AvgIpc) is 2.38. The molecule has 0 aromatic heterocycles. The first-order chi connectivity index (χ1) is 8.34. The van der Waals surface area contributed by atoms with Crippen LogP contribution in [0.5, 0.6) is 0 Å². The largest absolute Gasteiger partial charge is 0.316 e. The Balaban J connectivity index is 1.59. The molecule has 1 N–H and O–H groups in total. The van der Waals surface area contributed by atoms with Gasteiger partial charge in [0.1, 0.15) is 0 Å². The molecule has 17 heavy (non-hydrogen) atoms. The third-order valence-electron chi connectivity index (χ3n) is 3.38. The Bertz CT molecular complexity index is 361. The van der Waals surface area contributed by atoms with E-state index < -0.39 is 0 Å². The summed E-state index contributed by atoms with van der Waals surface area (Å²) in [6, 6.07) is 0. The molecule has 0 radical (unpaired) electrons. The summed E-state index contributed by atoms with van der Waals surface area (Å²) in [7, 11) is 0. The number of dihydropyridines is 1. The number of nitrogens with one attached hydrogen (secondary N) is 1. The second-order valence-corrected chi connectivity index (χ2v) is 4.89. The van der Waals surface area contributed by atoms with Crippen LogP contribution in [-0.4, -0.2) is 25.8 Å². The van der Waals surface area contributed by atoms with Crippen LogP contribution in [-0.2, 0) is 0 Å². The maximum absolute atomic E-state index is 4.20. The highest BCUT2D eigenvalue weighted by Gasteiger charge is 2.06. The topological polar surface area (TPSA) is 24.4 Å². The first-order valence-corrected chi connectivity index (χ1v) is 6.58. The highest BCUT2D eigenvalue weighted by molar-refractivity contribution is 5.73. The predicted octanol–water partition coefficient (Wildman–Crippen LogP) is 2.89. The minimum atomic E-state index is 0.681. The molecule has 0 fully saturated rings. The van der Waals surface area contributed by atoms with Gasteiger partial charge in [0.25, 0.3) is 0 Å². The minimum Gasteiger partial charge on any atom is -0.316 e. The van der Waals surface area contributed by atoms with Crippen LogP contribution in [0.4, 0.5) is 0 Å². The van der Waals surface area contributed by atoms with Gasteiger partial charge in [-0.25, -0.2) is 0 Å². The van der Waals surface area contributed by atoms with Gasteiger partial charge in [0, 0.05) is 19.3 Å². The number of aliphatic imine (C=N–C) groups is 1. The van der Waals surface area contributed by atoms with Crippen LogP contribution in [0.3, 0.4) is 0 Å². The third-order valence-corrected chi connectivity index (χ3v) is 3.38. The van der Waals surface area contributed by atoms with Crippen LogP contribution in [0.1, 0.15) is 26.2 Å². The van der Waals surface area contributed by atoms with Crippen molar-refractivity contribution in [1.29, 1.82) is 0 Å². The van der Waals surface area contributed by atoms with E-state index >= 15 is 0 Å². The summed E-state index contributed by atoms with van der Waals surface area (Å²) in [6.45, 7) is 5.33. The molecule has 1 aliphatic carbocycles. The van der Waals surface area contributed by atoms with Gasteiger partial charge >= 0.3 is 0 Å². The summed E-state index contributed by atoms with van der Waals surface area (Å²) >= 11 is 0. The monoisotopic (exact) mass is 230 g/mol. The molecule has 2 aliphatic rings. The van der Waals surface area contributed by atoms with Gasteiger partial charge in [0.2, 0.25) is 0 Å². The molecule has 0 bridgehead atoms. The Kier molecular flexibility index (Phi) is 4.75. The highest BCUT2D eigenvalue weighted by atomic mass is 14.9. The molecule has 1 unspecified atom stereocenters. The standard InChI is InChI=1S/C15H22N2/c1-13-2-4-15(5-3-13)12-17-11-8-14-6-9-16-10-7-14/h2-4,6,9,15,17H,5,7-8,10-12H2,1H3. The smallest absolute Gasteiger partial charge is 0.0426 e. The molecular formula is C15H22N2. The van der Waals surface area contributed by atoms with Gasteiger partial charge in [0.05, 0.1) is 0 Å². The van der Waals surface area contributed by atoms with E-state index in [1.807, 2.05) is 6.21 Å². The fourth-order valence-electron chi connectivity index (χ4n) is 2.19. The molecular weight excluding hydrogens is 208 g/mol. The Hall–Kier alpha value is -1.15. The summed E-state index contributed by atoms with van der Waals surface area (Å²) < 4.78 is 0. The van der Waals surface area contributed by atoms with E-state index in [2.05, 4.69) is 41.5 Å². The molecule has 1 heterocycles. The van der Waals surface area contributed by atoms with E-state index in [0.29, 0.717) is 5.92 Å². The fraction of sp³-hybridized carbons (Fsp3) is 0.533. The van der Waals surface area contributed by atoms with Crippen molar-refractivity contribution in [2.75, 3.05) is 19.6 Å². The number of rotatable bonds is 5. The van der Waals surface area contributed by atoms with Crippen molar-refractivity contribution in [3.63, 3.8) is 0 Å². The molecule has 1 aliphatic heterocycles. The summed E-state index contributed by atoms with van der Waals surface area (Å²) in [5.41, 5.74) is 2.93. The molecule has 0 saturated carbocycles. The van der Waals surface area contributed by atoms with Crippen molar-refractivity contribution in [3.8, 4) is 0 Å². The lowest BCUT2D eigenvalue weighted by Crippen LogP contribution is -2.23. The molecule has 92 valence electrons. The predicted molar refractivity (Wildman–Crippen MR) is 74.5 cm³/mol. The van der Waals surface area contributed by atoms with Crippen molar-refractivity contribution in [1.82, 2.24) is 5.32 Å². The zero-order valence-electron chi connectivity index (χ0n) is 10.7. The zero-order chi connectivity index (χ0) is 11.9. The zero-order valence-corrected chi connectivity index (χ0v) is 10.7. The summed E-state index contributed by atoms with van der Waals surface area (Å²) in [5, 5.41) is 3.55. The van der Waals surface area contributed by atoms with Crippen molar-refractivity contribution < 1.29 is 0 Å². The maximum atomic E-state index is 4.20. The van der Waals surface area contributed by atoms with E-state index in [4.69, 9.17) is 0 Å². The van der Waals surface area contributed by atoms with Gasteiger partial charge in [-0.05, 0) is 44.7 Å². The molecule has 2 heteroatoms. The van der Waals surface area contributed by atoms with Crippen molar-refractivity contribution >= 4 is 6.21 Å². The van der Waals surface area contributed by atoms with E-state index in [9.17, 15) is 0 Å². The Morgan fingerprint density at radius 3 is 3.12 bits per heavy atom. The summed E-state index contributed by atoms with van der Waals surface area (Å²) in [4.78, 5) is 4.20. The van der Waals surface area contributed by atoms with Gasteiger partial charge in [-0.2, -0.15) is 0 Å². The summed E-state index contributed by atoms with van der Waals surface area (Å²) in [6.07, 6.45) is 14.5. The van der Waals surface area contributed by atoms with E-state index in [1.54, 1.807) is 0 Å². The Labute approximate surface area is 104 Å². The SMILES string of the molecule is CC1=CCC(CNCCC2=CC=NCC2)C=C1. The Morgan fingerprint density at radius 1 is 1.47 bits per heavy atom. The van der Waals surface area contributed by atoms with E-state index in [1.165, 1.54) is 17.6 Å². The molecule has 0 spiro atoms. The van der Waals surface area contributed by atoms with Crippen molar-refractivity contribution in [2.45, 2.75) is 26.2 Å². The van der Waals surface area contributed by atoms with E-state index in [-0.39, 0.29) is 0 Å². The molecule has 2 rings (SSSR count). The van der Waals surface area contributed by atoms with Crippen LogP contribution in [0.25, 0.3) is 0 Å². The lowest BCUT2D eigenvalue weighted by atomic mass is 9.97. The number of allylic oxidation sites excluding steroid dienone is 4. The molecule has 0 saturated heterocycles. The third kappa shape index (κ3) is 4.31. The lowest BCUT2D eigenvalue weighted by molar-refractivity contribution is 0.556. The molecule has 0 aromatic rings. The van der Waals surface area contributed by atoms with Crippen molar-refractivity contribution in [3.05, 3.63) is 35.5 Å². The number of nitrogens with zero attached hydrogens (tertiary/aromatic N) is 1. The summed E-state index contributed by atoms with van der Waals surface area (Å²) in [5.74, 6) is 0.681. The van der Waals surface area contributed by atoms with Crippen LogP contribution in [0, 0.1) is 5.92 Å². The lowest BCUT2D eigenvalue weighted by Gasteiger charge is -2.16. The normalized spacial score (nSPS) is 23.5. The Morgan fingerprint density at radius 2 is 2.41 bits per heavy atom. The van der Waals surface area contributed by atoms with Gasteiger partial charge in [-0.15, -0.1) is 0 Å². The number of hydrogen-bond acceptors (Lipinski definition) is 2. The van der Waals surface area contributed by atoms with Crippen molar-refractivity contribution in [2.24, 2.45) is 10.9 Å². The van der Waals surface area contributed by atoms with Crippen LogP contribution in [0.2, 0.25) is 0 Å². The van der Waals surface area contributed by atoms with Gasteiger partial charge in [0.15, 0.2) is 0 Å². The van der Waals surface area contributed by atoms with Crippen LogP contribution >= 0.6 is 0 Å². The quantitative estimate of drug-likeness (QED) is 0.722. The molecule has 0 amide bonds. The first kappa shape index (κ1) is 12.3. The van der Waals surface area contributed by atoms with Crippen LogP contribution in [0.15, 0.2) is 40.4 Å². The second-order valence-electron chi connectivity index (χ2n) is 4.89. The van der Waals surface area contributed by atoms with Gasteiger partial charge in [-0.3, -0.25) is 4.99 Å². The minimum absolute atomic E-state index is 0.681. The fourth-order valence-corrected chi connectivity index (χ4v) is 2.19. The number of hydrogen-bond donors (Lipinski definition) is 1. The first-order valence-electron chi connectivity index (χ1n) is 6.58. The maximum Gasteiger partial charge on any atom is 0.0426 e. The molecule has 1 atom stereocenters. The van der Waals surface area contributed by atoms with Crippen LogP contribution < -0.4 is 5.32 Å². The molecule has 2 nitrogen and oxygen atoms in total. The van der Waals surface area contributed by atoms with E-state index in [0.717, 1.165) is 32.5 Å². The van der Waals surface area contributed by atoms with Gasteiger partial charge < -0.3 is 5.32 Å². The highest BCUT2D eigenvalue weighted by Crippen LogP contribution is 2.15. The second kappa shape index (κ2) is 6.55. The average molecular weight is 230 g/mol.